The van der Waals surface area contributed by atoms with Crippen LogP contribution in [0.5, 0.6) is 5.75 Å². The van der Waals surface area contributed by atoms with E-state index in [1.165, 1.54) is 12.1 Å². The summed E-state index contributed by atoms with van der Waals surface area (Å²) in [7, 11) is 0. The zero-order valence-electron chi connectivity index (χ0n) is 15.4. The Kier molecular flexibility index (Phi) is 6.22. The molecule has 1 aromatic carbocycles. The second kappa shape index (κ2) is 9.02. The number of ether oxygens (including phenoxy) is 1. The second-order valence-electron chi connectivity index (χ2n) is 6.51. The molecule has 0 saturated carbocycles. The number of thiophene rings is 1. The third kappa shape index (κ3) is 5.01. The highest BCUT2D eigenvalue weighted by atomic mass is 79.9. The minimum absolute atomic E-state index is 0.0677. The number of carbonyl (C=O) groups is 1. The number of nitrogens with zero attached hydrogens (tertiary/aromatic N) is 4. The van der Waals surface area contributed by atoms with E-state index in [4.69, 9.17) is 9.26 Å². The first-order chi connectivity index (χ1) is 14.1. The molecule has 4 rings (SSSR count). The Labute approximate surface area is 179 Å². The van der Waals surface area contributed by atoms with Gasteiger partial charge >= 0.3 is 0 Å². The molecular formula is C19H18BrFN4O3S. The molecule has 0 unspecified atom stereocenters. The summed E-state index contributed by atoms with van der Waals surface area (Å²) in [6, 6.07) is 8.37. The molecule has 0 bridgehead atoms. The third-order valence-corrected chi connectivity index (χ3v) is 5.90. The van der Waals surface area contributed by atoms with Gasteiger partial charge in [0.2, 0.25) is 11.7 Å². The van der Waals surface area contributed by atoms with Crippen LogP contribution in [0.15, 0.2) is 44.7 Å². The predicted octanol–water partition coefficient (Wildman–Crippen LogP) is 3.42. The largest absolute Gasteiger partial charge is 0.481 e. The maximum absolute atomic E-state index is 13.8. The second-order valence-corrected chi connectivity index (χ2v) is 8.37. The van der Waals surface area contributed by atoms with Gasteiger partial charge in [-0.2, -0.15) is 4.98 Å². The average Bonchev–Trinajstić information content (AvgIpc) is 3.39. The fourth-order valence-corrected chi connectivity index (χ4v) is 3.98. The molecule has 0 N–H and O–H groups in total. The lowest BCUT2D eigenvalue weighted by Gasteiger charge is -2.33. The lowest BCUT2D eigenvalue weighted by molar-refractivity contribution is -0.135. The van der Waals surface area contributed by atoms with Gasteiger partial charge in [-0.05, 0) is 29.6 Å². The average molecular weight is 481 g/mol. The zero-order chi connectivity index (χ0) is 20.2. The summed E-state index contributed by atoms with van der Waals surface area (Å²) in [4.78, 5) is 21.6. The van der Waals surface area contributed by atoms with E-state index in [0.717, 1.165) is 4.88 Å². The van der Waals surface area contributed by atoms with E-state index in [1.807, 2.05) is 17.5 Å². The highest BCUT2D eigenvalue weighted by Crippen LogP contribution is 2.22. The van der Waals surface area contributed by atoms with E-state index >= 15 is 0 Å². The number of halogens is 2. The van der Waals surface area contributed by atoms with Crippen molar-refractivity contribution in [2.45, 2.75) is 6.54 Å². The van der Waals surface area contributed by atoms with Gasteiger partial charge < -0.3 is 14.2 Å². The molecule has 152 valence electrons. The van der Waals surface area contributed by atoms with E-state index in [9.17, 15) is 9.18 Å². The normalized spacial score (nSPS) is 14.9. The van der Waals surface area contributed by atoms with Crippen molar-refractivity contribution in [1.29, 1.82) is 0 Å². The molecule has 3 heterocycles. The Bertz CT molecular complexity index is 974. The number of amides is 1. The van der Waals surface area contributed by atoms with Crippen molar-refractivity contribution in [2.75, 3.05) is 32.8 Å². The van der Waals surface area contributed by atoms with Gasteiger partial charge in [0, 0.05) is 30.7 Å². The minimum Gasteiger partial charge on any atom is -0.481 e. The van der Waals surface area contributed by atoms with Gasteiger partial charge in [0.05, 0.1) is 11.4 Å². The Hall–Kier alpha value is -2.30. The Morgan fingerprint density at radius 1 is 1.28 bits per heavy atom. The Balaban J connectivity index is 1.24. The van der Waals surface area contributed by atoms with Crippen LogP contribution in [0, 0.1) is 5.82 Å². The molecule has 0 aliphatic carbocycles. The van der Waals surface area contributed by atoms with Gasteiger partial charge in [-0.15, -0.1) is 11.3 Å². The van der Waals surface area contributed by atoms with Crippen molar-refractivity contribution >= 4 is 33.2 Å². The standard InChI is InChI=1S/C19H18BrFN4O3S/c20-13-3-4-15(14(21)10-13)27-12-18(26)25-7-5-24(6-8-25)11-17-22-19(23-28-17)16-2-1-9-29-16/h1-4,9-10H,5-8,11-12H2. The molecule has 3 aromatic rings. The first kappa shape index (κ1) is 20.0. The van der Waals surface area contributed by atoms with E-state index in [1.54, 1.807) is 22.3 Å². The Morgan fingerprint density at radius 2 is 2.10 bits per heavy atom. The lowest BCUT2D eigenvalue weighted by atomic mass is 10.3. The molecular weight excluding hydrogens is 463 g/mol. The molecule has 0 spiro atoms. The predicted molar refractivity (Wildman–Crippen MR) is 109 cm³/mol. The van der Waals surface area contributed by atoms with Crippen LogP contribution >= 0.6 is 27.3 Å². The first-order valence-electron chi connectivity index (χ1n) is 9.03. The SMILES string of the molecule is O=C(COc1ccc(Br)cc1F)N1CCN(Cc2nc(-c3cccs3)no2)CC1. The highest BCUT2D eigenvalue weighted by Gasteiger charge is 2.23. The molecule has 0 radical (unpaired) electrons. The summed E-state index contributed by atoms with van der Waals surface area (Å²) in [6.07, 6.45) is 0. The van der Waals surface area contributed by atoms with Gasteiger partial charge in [-0.3, -0.25) is 9.69 Å². The molecule has 7 nitrogen and oxygen atoms in total. The fraction of sp³-hybridized carbons (Fsp3) is 0.316. The van der Waals surface area contributed by atoms with Crippen molar-refractivity contribution in [3.8, 4) is 16.5 Å². The van der Waals surface area contributed by atoms with Crippen molar-refractivity contribution in [3.05, 3.63) is 51.9 Å². The van der Waals surface area contributed by atoms with Gasteiger partial charge in [0.15, 0.2) is 18.2 Å². The molecule has 0 atom stereocenters. The summed E-state index contributed by atoms with van der Waals surface area (Å²) < 4.78 is 25.1. The van der Waals surface area contributed by atoms with Crippen molar-refractivity contribution in [2.24, 2.45) is 0 Å². The van der Waals surface area contributed by atoms with Crippen LogP contribution in [0.4, 0.5) is 4.39 Å². The number of aromatic nitrogens is 2. The summed E-state index contributed by atoms with van der Waals surface area (Å²) >= 11 is 4.75. The lowest BCUT2D eigenvalue weighted by Crippen LogP contribution is -2.49. The maximum Gasteiger partial charge on any atom is 0.260 e. The summed E-state index contributed by atoms with van der Waals surface area (Å²) in [5.74, 6) is 0.560. The van der Waals surface area contributed by atoms with Gasteiger partial charge in [0.1, 0.15) is 0 Å². The van der Waals surface area contributed by atoms with Crippen LogP contribution in [0.1, 0.15) is 5.89 Å². The maximum atomic E-state index is 13.8. The van der Waals surface area contributed by atoms with Crippen molar-refractivity contribution in [1.82, 2.24) is 19.9 Å². The van der Waals surface area contributed by atoms with Crippen LogP contribution in [0.2, 0.25) is 0 Å². The minimum atomic E-state index is -0.501. The topological polar surface area (TPSA) is 71.7 Å². The smallest absolute Gasteiger partial charge is 0.260 e. The third-order valence-electron chi connectivity index (χ3n) is 4.54. The first-order valence-corrected chi connectivity index (χ1v) is 10.7. The number of carbonyl (C=O) groups excluding carboxylic acids is 1. The Morgan fingerprint density at radius 3 is 2.83 bits per heavy atom. The van der Waals surface area contributed by atoms with E-state index in [-0.39, 0.29) is 18.3 Å². The number of benzene rings is 1. The fourth-order valence-electron chi connectivity index (χ4n) is 2.99. The van der Waals surface area contributed by atoms with Gasteiger partial charge in [-0.1, -0.05) is 27.2 Å². The molecule has 1 fully saturated rings. The number of rotatable bonds is 6. The molecule has 1 aliphatic rings. The van der Waals surface area contributed by atoms with Crippen LogP contribution < -0.4 is 4.74 Å². The van der Waals surface area contributed by atoms with Crippen LogP contribution in [-0.2, 0) is 11.3 Å². The zero-order valence-corrected chi connectivity index (χ0v) is 17.8. The van der Waals surface area contributed by atoms with E-state index < -0.39 is 5.82 Å². The van der Waals surface area contributed by atoms with Crippen LogP contribution in [0.25, 0.3) is 10.7 Å². The molecule has 1 amide bonds. The van der Waals surface area contributed by atoms with Gasteiger partial charge in [-0.25, -0.2) is 4.39 Å². The molecule has 29 heavy (non-hydrogen) atoms. The molecule has 10 heteroatoms. The van der Waals surface area contributed by atoms with Crippen LogP contribution in [-0.4, -0.2) is 58.6 Å². The quantitative estimate of drug-likeness (QED) is 0.538. The van der Waals surface area contributed by atoms with Crippen molar-refractivity contribution < 1.29 is 18.4 Å². The monoisotopic (exact) mass is 480 g/mol. The molecule has 2 aromatic heterocycles. The van der Waals surface area contributed by atoms with E-state index in [2.05, 4.69) is 31.0 Å². The summed E-state index contributed by atoms with van der Waals surface area (Å²) in [5, 5.41) is 5.98. The van der Waals surface area contributed by atoms with Crippen molar-refractivity contribution in [3.63, 3.8) is 0 Å². The molecule has 1 saturated heterocycles. The summed E-state index contributed by atoms with van der Waals surface area (Å²) in [6.45, 7) is 2.87. The van der Waals surface area contributed by atoms with Crippen LogP contribution in [0.3, 0.4) is 0 Å². The summed E-state index contributed by atoms with van der Waals surface area (Å²) in [5.41, 5.74) is 0. The van der Waals surface area contributed by atoms with E-state index in [0.29, 0.717) is 48.9 Å². The number of hydrogen-bond acceptors (Lipinski definition) is 7. The number of piperazine rings is 1. The molecule has 1 aliphatic heterocycles. The highest BCUT2D eigenvalue weighted by molar-refractivity contribution is 9.10. The number of hydrogen-bond donors (Lipinski definition) is 0. The van der Waals surface area contributed by atoms with Gasteiger partial charge in [0.25, 0.3) is 5.91 Å².